The predicted molar refractivity (Wildman–Crippen MR) is 126 cm³/mol. The van der Waals surface area contributed by atoms with Crippen LogP contribution in [0.2, 0.25) is 5.02 Å². The quantitative estimate of drug-likeness (QED) is 0.326. The van der Waals surface area contributed by atoms with Crippen LogP contribution in [0.25, 0.3) is 0 Å². The third kappa shape index (κ3) is 6.98. The molecule has 0 bridgehead atoms. The zero-order valence-electron chi connectivity index (χ0n) is 17.8. The Morgan fingerprint density at radius 3 is 2.03 bits per heavy atom. The summed E-state index contributed by atoms with van der Waals surface area (Å²) in [6.45, 7) is -1.13. The van der Waals surface area contributed by atoms with Gasteiger partial charge in [-0.2, -0.15) is 0 Å². The minimum atomic E-state index is -3.88. The molecule has 1 amide bonds. The summed E-state index contributed by atoms with van der Waals surface area (Å²) in [5.41, 5.74) is 0.753. The molecule has 8 nitrogen and oxygen atoms in total. The average Bonchev–Trinajstić information content (AvgIpc) is 2.86. The first kappa shape index (κ1) is 25.1. The third-order valence-corrected chi connectivity index (χ3v) is 6.29. The summed E-state index contributed by atoms with van der Waals surface area (Å²) in [4.78, 5) is 37.4. The van der Waals surface area contributed by atoms with Gasteiger partial charge in [0.15, 0.2) is 6.10 Å². The SMILES string of the molecule is O=C(CNS(=O)(=O)c1ccccc1)NCC(=O)O[C@H](C(=O)c1ccccc1)c1ccc(Cl)cc1. The van der Waals surface area contributed by atoms with Crippen molar-refractivity contribution >= 4 is 39.3 Å². The van der Waals surface area contributed by atoms with E-state index in [9.17, 15) is 22.8 Å². The van der Waals surface area contributed by atoms with Crippen LogP contribution in [0.1, 0.15) is 22.0 Å². The van der Waals surface area contributed by atoms with Gasteiger partial charge in [-0.3, -0.25) is 14.4 Å². The van der Waals surface area contributed by atoms with Gasteiger partial charge in [0.1, 0.15) is 6.54 Å². The number of esters is 1. The molecule has 1 atom stereocenters. The predicted octanol–water partition coefficient (Wildman–Crippen LogP) is 2.90. The molecular weight excluding hydrogens is 480 g/mol. The highest BCUT2D eigenvalue weighted by atomic mass is 35.5. The lowest BCUT2D eigenvalue weighted by molar-refractivity contribution is -0.147. The molecule has 2 N–H and O–H groups in total. The molecule has 3 aromatic rings. The Labute approximate surface area is 201 Å². The highest BCUT2D eigenvalue weighted by molar-refractivity contribution is 7.89. The summed E-state index contributed by atoms with van der Waals surface area (Å²) in [5, 5.41) is 2.73. The normalized spacial score (nSPS) is 11.9. The second-order valence-electron chi connectivity index (χ2n) is 7.07. The van der Waals surface area contributed by atoms with Gasteiger partial charge in [-0.15, -0.1) is 0 Å². The van der Waals surface area contributed by atoms with E-state index in [0.29, 0.717) is 16.1 Å². The largest absolute Gasteiger partial charge is 0.448 e. The molecule has 0 aliphatic rings. The Bertz CT molecular complexity index is 1250. The summed E-state index contributed by atoms with van der Waals surface area (Å²) < 4.78 is 31.9. The molecule has 3 rings (SSSR count). The van der Waals surface area contributed by atoms with E-state index in [1.165, 1.54) is 12.1 Å². The third-order valence-electron chi connectivity index (χ3n) is 4.62. The molecule has 3 aromatic carbocycles. The topological polar surface area (TPSA) is 119 Å². The number of ether oxygens (including phenoxy) is 1. The molecule has 0 unspecified atom stereocenters. The average molecular weight is 501 g/mol. The van der Waals surface area contributed by atoms with Gasteiger partial charge >= 0.3 is 5.97 Å². The molecule has 0 aliphatic heterocycles. The maximum Gasteiger partial charge on any atom is 0.326 e. The fourth-order valence-electron chi connectivity index (χ4n) is 2.91. The summed E-state index contributed by atoms with van der Waals surface area (Å²) >= 11 is 5.92. The first-order valence-corrected chi connectivity index (χ1v) is 12.0. The van der Waals surface area contributed by atoms with Gasteiger partial charge in [0, 0.05) is 16.1 Å². The highest BCUT2D eigenvalue weighted by Crippen LogP contribution is 2.24. The van der Waals surface area contributed by atoms with Crippen molar-refractivity contribution in [3.05, 3.63) is 101 Å². The smallest absolute Gasteiger partial charge is 0.326 e. The number of hydrogen-bond donors (Lipinski definition) is 2. The Morgan fingerprint density at radius 2 is 1.41 bits per heavy atom. The lowest BCUT2D eigenvalue weighted by Crippen LogP contribution is -2.39. The summed E-state index contributed by atoms with van der Waals surface area (Å²) in [6, 6.07) is 22.1. The monoisotopic (exact) mass is 500 g/mol. The molecule has 0 aliphatic carbocycles. The Balaban J connectivity index is 1.60. The van der Waals surface area contributed by atoms with Crippen molar-refractivity contribution in [1.29, 1.82) is 0 Å². The van der Waals surface area contributed by atoms with E-state index in [4.69, 9.17) is 16.3 Å². The number of halogens is 1. The van der Waals surface area contributed by atoms with E-state index < -0.39 is 46.9 Å². The number of carbonyl (C=O) groups is 3. The number of ketones is 1. The van der Waals surface area contributed by atoms with Crippen molar-refractivity contribution < 1.29 is 27.5 Å². The van der Waals surface area contributed by atoms with Crippen molar-refractivity contribution in [2.45, 2.75) is 11.0 Å². The molecule has 34 heavy (non-hydrogen) atoms. The van der Waals surface area contributed by atoms with Crippen LogP contribution in [-0.4, -0.2) is 39.2 Å². The first-order valence-electron chi connectivity index (χ1n) is 10.1. The van der Waals surface area contributed by atoms with Crippen molar-refractivity contribution in [3.8, 4) is 0 Å². The number of benzene rings is 3. The van der Waals surface area contributed by atoms with Gasteiger partial charge in [0.2, 0.25) is 21.7 Å². The second kappa shape index (κ2) is 11.6. The van der Waals surface area contributed by atoms with E-state index in [-0.39, 0.29) is 4.90 Å². The van der Waals surface area contributed by atoms with E-state index in [1.54, 1.807) is 72.8 Å². The lowest BCUT2D eigenvalue weighted by atomic mass is 10.00. The molecule has 0 saturated heterocycles. The number of amides is 1. The van der Waals surface area contributed by atoms with Gasteiger partial charge in [-0.1, -0.05) is 72.3 Å². The number of carbonyl (C=O) groups excluding carboxylic acids is 3. The van der Waals surface area contributed by atoms with Gasteiger partial charge in [-0.05, 0) is 24.3 Å². The van der Waals surface area contributed by atoms with Crippen LogP contribution < -0.4 is 10.0 Å². The van der Waals surface area contributed by atoms with Crippen LogP contribution in [0.4, 0.5) is 0 Å². The lowest BCUT2D eigenvalue weighted by Gasteiger charge is -2.18. The minimum Gasteiger partial charge on any atom is -0.448 e. The van der Waals surface area contributed by atoms with Crippen molar-refractivity contribution in [3.63, 3.8) is 0 Å². The molecule has 0 aromatic heterocycles. The van der Waals surface area contributed by atoms with Crippen LogP contribution >= 0.6 is 11.6 Å². The van der Waals surface area contributed by atoms with E-state index in [2.05, 4.69) is 10.0 Å². The van der Waals surface area contributed by atoms with Crippen LogP contribution in [0.15, 0.2) is 89.8 Å². The minimum absolute atomic E-state index is 0.00689. The summed E-state index contributed by atoms with van der Waals surface area (Å²) in [7, 11) is -3.88. The van der Waals surface area contributed by atoms with Crippen LogP contribution in [0, 0.1) is 0 Å². The second-order valence-corrected chi connectivity index (χ2v) is 9.27. The Kier molecular flexibility index (Phi) is 8.53. The summed E-state index contributed by atoms with van der Waals surface area (Å²) in [5.74, 6) is -2.06. The van der Waals surface area contributed by atoms with Gasteiger partial charge in [0.25, 0.3) is 0 Å². The van der Waals surface area contributed by atoms with Crippen LogP contribution in [0.3, 0.4) is 0 Å². The van der Waals surface area contributed by atoms with Crippen molar-refractivity contribution in [2.75, 3.05) is 13.1 Å². The number of rotatable bonds is 10. The molecule has 0 saturated carbocycles. The van der Waals surface area contributed by atoms with E-state index in [1.807, 2.05) is 0 Å². The van der Waals surface area contributed by atoms with Gasteiger partial charge in [-0.25, -0.2) is 13.1 Å². The zero-order valence-corrected chi connectivity index (χ0v) is 19.4. The molecule has 0 heterocycles. The molecule has 0 spiro atoms. The molecule has 0 fully saturated rings. The van der Waals surface area contributed by atoms with Crippen molar-refractivity contribution in [1.82, 2.24) is 10.0 Å². The first-order chi connectivity index (χ1) is 16.3. The molecule has 0 radical (unpaired) electrons. The van der Waals surface area contributed by atoms with Gasteiger partial charge in [0.05, 0.1) is 11.4 Å². The molecular formula is C24H21ClN2O6S. The zero-order chi connectivity index (χ0) is 24.6. The van der Waals surface area contributed by atoms with Crippen LogP contribution in [0.5, 0.6) is 0 Å². The number of nitrogens with one attached hydrogen (secondary N) is 2. The Hall–Kier alpha value is -3.53. The fraction of sp³-hybridized carbons (Fsp3) is 0.125. The molecule has 10 heteroatoms. The van der Waals surface area contributed by atoms with E-state index >= 15 is 0 Å². The highest BCUT2D eigenvalue weighted by Gasteiger charge is 2.26. The van der Waals surface area contributed by atoms with E-state index in [0.717, 1.165) is 0 Å². The number of sulfonamides is 1. The standard InChI is InChI=1S/C24H21ClN2O6S/c25-19-13-11-18(12-14-19)24(23(30)17-7-3-1-4-8-17)33-22(29)16-26-21(28)15-27-34(31,32)20-9-5-2-6-10-20/h1-14,24,27H,15-16H2,(H,26,28)/t24-/m0/s1. The maximum absolute atomic E-state index is 13.0. The van der Waals surface area contributed by atoms with Crippen molar-refractivity contribution in [2.24, 2.45) is 0 Å². The molecule has 176 valence electrons. The Morgan fingerprint density at radius 1 is 0.824 bits per heavy atom. The maximum atomic E-state index is 13.0. The number of Topliss-reactive ketones (excluding diaryl/α,β-unsaturated/α-hetero) is 1. The fourth-order valence-corrected chi connectivity index (χ4v) is 4.04. The summed E-state index contributed by atoms with van der Waals surface area (Å²) in [6.07, 6.45) is -1.25. The van der Waals surface area contributed by atoms with Crippen LogP contribution in [-0.2, 0) is 24.3 Å². The number of hydrogen-bond acceptors (Lipinski definition) is 6. The van der Waals surface area contributed by atoms with Gasteiger partial charge < -0.3 is 10.1 Å².